The minimum atomic E-state index is -1.98. The number of unbranched alkanes of at least 4 members (excludes halogenated alkanes) is 19. The van der Waals surface area contributed by atoms with Crippen molar-refractivity contribution >= 4 is 5.91 Å². The molecule has 0 bridgehead atoms. The second-order valence-corrected chi connectivity index (χ2v) is 24.3. The number of hydrogen-bond donors (Lipinski definition) is 12. The first-order valence-electron chi connectivity index (χ1n) is 34.5. The lowest BCUT2D eigenvalue weighted by Crippen LogP contribution is -2.66. The number of ether oxygens (including phenoxy) is 6. The predicted octanol–water partition coefficient (Wildman–Crippen LogP) is 8.88. The fourth-order valence-corrected chi connectivity index (χ4v) is 11.1. The van der Waals surface area contributed by atoms with E-state index in [-0.39, 0.29) is 18.9 Å². The molecule has 3 saturated heterocycles. The first-order valence-corrected chi connectivity index (χ1v) is 34.5. The predicted molar refractivity (Wildman–Crippen MR) is 351 cm³/mol. The highest BCUT2D eigenvalue weighted by Crippen LogP contribution is 2.33. The smallest absolute Gasteiger partial charge is 0.220 e. The first-order chi connectivity index (χ1) is 43.8. The lowest BCUT2D eigenvalue weighted by molar-refractivity contribution is -0.379. The number of nitrogens with one attached hydrogen (secondary N) is 1. The van der Waals surface area contributed by atoms with Crippen LogP contribution in [0.5, 0.6) is 0 Å². The third-order valence-corrected chi connectivity index (χ3v) is 16.7. The molecule has 0 radical (unpaired) electrons. The second-order valence-electron chi connectivity index (χ2n) is 24.3. The highest BCUT2D eigenvalue weighted by Gasteiger charge is 2.53. The summed E-state index contributed by atoms with van der Waals surface area (Å²) < 4.78 is 34.4. The zero-order valence-electron chi connectivity index (χ0n) is 54.6. The maximum atomic E-state index is 13.4. The number of aliphatic hydroxyl groups excluding tert-OH is 11. The molecule has 0 aromatic heterocycles. The average Bonchev–Trinajstić information content (AvgIpc) is 0.908. The summed E-state index contributed by atoms with van der Waals surface area (Å²) in [4.78, 5) is 13.4. The molecule has 3 heterocycles. The quantitative estimate of drug-likeness (QED) is 0.0200. The Morgan fingerprint density at radius 2 is 0.767 bits per heavy atom. The monoisotopic (exact) mass is 1280 g/mol. The Hall–Kier alpha value is -3.29. The van der Waals surface area contributed by atoms with Gasteiger partial charge in [0, 0.05) is 6.42 Å². The Morgan fingerprint density at radius 1 is 0.411 bits per heavy atom. The second kappa shape index (κ2) is 52.0. The summed E-state index contributed by atoms with van der Waals surface area (Å²) in [7, 11) is 0. The molecule has 3 aliphatic rings. The molecule has 0 aliphatic carbocycles. The molecule has 19 heteroatoms. The SMILES string of the molecule is CC/C=C\C/C=C\C/C=C\C/C=C\C/C=C\C/C=C\C/C=C\C/C=C\CCCCCCCCC(=O)NC(COC1OC(CO)C(OC2OC(CO)C(OC3OC(CO)C(O)C(O)C3O)C(O)C2O)C(O)C1O)C(O)CCCCCCCCCCCCCCCC. The molecular weight excluding hydrogens is 1150 g/mol. The number of allylic oxidation sites excluding steroid dienone is 16. The van der Waals surface area contributed by atoms with Crippen molar-refractivity contribution in [2.45, 2.75) is 317 Å². The van der Waals surface area contributed by atoms with Gasteiger partial charge < -0.3 is 89.9 Å². The minimum absolute atomic E-state index is 0.243. The van der Waals surface area contributed by atoms with Gasteiger partial charge in [-0.1, -0.05) is 227 Å². The van der Waals surface area contributed by atoms with Gasteiger partial charge >= 0.3 is 0 Å². The van der Waals surface area contributed by atoms with Gasteiger partial charge in [-0.25, -0.2) is 0 Å². The summed E-state index contributed by atoms with van der Waals surface area (Å²) in [6, 6.07) is -0.902. The number of aliphatic hydroxyl groups is 11. The number of rotatable bonds is 51. The fraction of sp³-hybridized carbons (Fsp3) is 0.761. The fourth-order valence-electron chi connectivity index (χ4n) is 11.1. The molecule has 1 amide bonds. The van der Waals surface area contributed by atoms with Gasteiger partial charge in [0.25, 0.3) is 0 Å². The Morgan fingerprint density at radius 3 is 1.20 bits per heavy atom. The molecule has 0 aromatic carbocycles. The van der Waals surface area contributed by atoms with Crippen molar-refractivity contribution in [2.75, 3.05) is 26.4 Å². The lowest BCUT2D eigenvalue weighted by atomic mass is 9.96. The van der Waals surface area contributed by atoms with Crippen LogP contribution in [0.15, 0.2) is 97.2 Å². The van der Waals surface area contributed by atoms with E-state index in [1.165, 1.54) is 64.2 Å². The Bertz CT molecular complexity index is 2010. The summed E-state index contributed by atoms with van der Waals surface area (Å²) in [5, 5.41) is 121. The largest absolute Gasteiger partial charge is 0.394 e. The zero-order chi connectivity index (χ0) is 65.4. The third kappa shape index (κ3) is 33.7. The van der Waals surface area contributed by atoms with Gasteiger partial charge in [-0.05, 0) is 77.0 Å². The summed E-state index contributed by atoms with van der Waals surface area (Å²) in [5.74, 6) is -0.262. The van der Waals surface area contributed by atoms with Crippen molar-refractivity contribution in [1.82, 2.24) is 5.32 Å². The van der Waals surface area contributed by atoms with Crippen molar-refractivity contribution in [3.05, 3.63) is 97.2 Å². The number of amides is 1. The van der Waals surface area contributed by atoms with E-state index < -0.39 is 124 Å². The maximum Gasteiger partial charge on any atom is 0.220 e. The molecule has 0 spiro atoms. The maximum absolute atomic E-state index is 13.4. The van der Waals surface area contributed by atoms with Crippen molar-refractivity contribution in [1.29, 1.82) is 0 Å². The standard InChI is InChI=1S/C71H121NO18/c1-3-5-7-9-11-13-15-17-19-20-21-22-23-24-25-26-27-28-29-30-31-32-33-34-35-37-39-41-43-45-47-49-59(77)72-54(55(76)48-46-44-42-40-38-36-18-16-14-12-10-8-6-4-2)53-85-69-65(83)62(80)67(57(51-74)87-69)90-71-66(84)63(81)68(58(52-75)88-71)89-70-64(82)61(79)60(78)56(50-73)86-70/h5,7,11,13,17,19,21-22,24-25,27-28,30-31,33-34,54-58,60-71,73-76,78-84H,3-4,6,8-10,12,14-16,18,20,23,26,29,32,35-53H2,1-2H3,(H,72,77)/b7-5-,13-11-,19-17-,22-21-,25-24-,28-27-,31-30-,34-33-. The lowest BCUT2D eigenvalue weighted by Gasteiger charge is -2.48. The van der Waals surface area contributed by atoms with E-state index in [2.05, 4.69) is 116 Å². The highest BCUT2D eigenvalue weighted by atomic mass is 16.8. The number of carbonyl (C=O) groups excluding carboxylic acids is 1. The molecule has 3 rings (SSSR count). The molecule has 0 aromatic rings. The van der Waals surface area contributed by atoms with Crippen LogP contribution in [-0.2, 0) is 33.2 Å². The van der Waals surface area contributed by atoms with Crippen LogP contribution < -0.4 is 5.32 Å². The molecule has 0 saturated carbocycles. The van der Waals surface area contributed by atoms with Gasteiger partial charge in [0.1, 0.15) is 73.2 Å². The summed E-state index contributed by atoms with van der Waals surface area (Å²) in [6.07, 6.45) is 40.5. The van der Waals surface area contributed by atoms with E-state index >= 15 is 0 Å². The molecule has 518 valence electrons. The van der Waals surface area contributed by atoms with Crippen LogP contribution >= 0.6 is 0 Å². The van der Waals surface area contributed by atoms with Gasteiger partial charge in [-0.3, -0.25) is 4.79 Å². The van der Waals surface area contributed by atoms with E-state index in [9.17, 15) is 61.0 Å². The zero-order valence-corrected chi connectivity index (χ0v) is 54.6. The van der Waals surface area contributed by atoms with Crippen molar-refractivity contribution in [2.24, 2.45) is 0 Å². The molecule has 17 atom stereocenters. The van der Waals surface area contributed by atoms with Crippen LogP contribution in [-0.4, -0.2) is 193 Å². The summed E-state index contributed by atoms with van der Waals surface area (Å²) in [5.41, 5.74) is 0. The highest BCUT2D eigenvalue weighted by molar-refractivity contribution is 5.76. The number of hydrogen-bond acceptors (Lipinski definition) is 18. The van der Waals surface area contributed by atoms with Gasteiger partial charge in [0.15, 0.2) is 18.9 Å². The first kappa shape index (κ1) is 80.9. The van der Waals surface area contributed by atoms with Gasteiger partial charge in [0.05, 0.1) is 38.6 Å². The van der Waals surface area contributed by atoms with E-state index in [1.54, 1.807) is 0 Å². The van der Waals surface area contributed by atoms with Gasteiger partial charge in [-0.15, -0.1) is 0 Å². The van der Waals surface area contributed by atoms with E-state index in [1.807, 2.05) is 0 Å². The van der Waals surface area contributed by atoms with Crippen LogP contribution in [0.1, 0.15) is 213 Å². The van der Waals surface area contributed by atoms with Crippen LogP contribution in [0.4, 0.5) is 0 Å². The number of carbonyl (C=O) groups is 1. The molecule has 17 unspecified atom stereocenters. The summed E-state index contributed by atoms with van der Waals surface area (Å²) >= 11 is 0. The Labute approximate surface area is 539 Å². The average molecular weight is 1280 g/mol. The molecule has 3 aliphatic heterocycles. The van der Waals surface area contributed by atoms with Crippen molar-refractivity contribution < 1.29 is 89.4 Å². The topological polar surface area (TPSA) is 307 Å². The van der Waals surface area contributed by atoms with E-state index in [0.29, 0.717) is 12.8 Å². The Kier molecular flexibility index (Phi) is 46.8. The van der Waals surface area contributed by atoms with E-state index in [4.69, 9.17) is 28.4 Å². The van der Waals surface area contributed by atoms with Crippen LogP contribution in [0.2, 0.25) is 0 Å². The van der Waals surface area contributed by atoms with Crippen LogP contribution in [0.25, 0.3) is 0 Å². The summed E-state index contributed by atoms with van der Waals surface area (Å²) in [6.45, 7) is 1.65. The van der Waals surface area contributed by atoms with Crippen molar-refractivity contribution in [3.8, 4) is 0 Å². The van der Waals surface area contributed by atoms with Crippen molar-refractivity contribution in [3.63, 3.8) is 0 Å². The minimum Gasteiger partial charge on any atom is -0.394 e. The van der Waals surface area contributed by atoms with Crippen LogP contribution in [0, 0.1) is 0 Å². The van der Waals surface area contributed by atoms with Gasteiger partial charge in [-0.2, -0.15) is 0 Å². The Balaban J connectivity index is 1.41. The van der Waals surface area contributed by atoms with E-state index in [0.717, 1.165) is 116 Å². The molecule has 19 nitrogen and oxygen atoms in total. The molecular formula is C71H121NO18. The van der Waals surface area contributed by atoms with Gasteiger partial charge in [0.2, 0.25) is 5.91 Å². The normalized spacial score (nSPS) is 28.7. The third-order valence-electron chi connectivity index (χ3n) is 16.7. The molecule has 90 heavy (non-hydrogen) atoms. The molecule has 12 N–H and O–H groups in total. The van der Waals surface area contributed by atoms with Crippen LogP contribution in [0.3, 0.4) is 0 Å². The molecule has 3 fully saturated rings.